The molecule has 1 atom stereocenters. The number of carbonyl (C=O) groups is 1. The Morgan fingerprint density at radius 1 is 1.23 bits per heavy atom. The summed E-state index contributed by atoms with van der Waals surface area (Å²) in [6.07, 6.45) is 0.877. The molecule has 22 heavy (non-hydrogen) atoms. The summed E-state index contributed by atoms with van der Waals surface area (Å²) in [5.74, 6) is 0.234. The summed E-state index contributed by atoms with van der Waals surface area (Å²) in [5, 5.41) is 17.0. The van der Waals surface area contributed by atoms with E-state index in [0.29, 0.717) is 18.2 Å². The standard InChI is InChI=1S/C17H23N3O2/c1-4-20-15(9-10-19-20)17(22)18-11-16(21)14-7-5-13(6-8-14)12(2)3/h5-10,12,16,21H,4,11H2,1-3H3,(H,18,22). The van der Waals surface area contributed by atoms with E-state index in [1.54, 1.807) is 16.9 Å². The molecule has 1 heterocycles. The first-order valence-electron chi connectivity index (χ1n) is 7.60. The lowest BCUT2D eigenvalue weighted by Crippen LogP contribution is -2.30. The number of aliphatic hydroxyl groups is 1. The Balaban J connectivity index is 1.94. The van der Waals surface area contributed by atoms with Crippen LogP contribution in [-0.4, -0.2) is 27.3 Å². The fraction of sp³-hybridized carbons (Fsp3) is 0.412. The highest BCUT2D eigenvalue weighted by atomic mass is 16.3. The molecule has 2 aromatic rings. The molecule has 1 aromatic carbocycles. The molecule has 0 bridgehead atoms. The Morgan fingerprint density at radius 2 is 1.86 bits per heavy atom. The first-order chi connectivity index (χ1) is 10.5. The zero-order valence-electron chi connectivity index (χ0n) is 13.3. The van der Waals surface area contributed by atoms with E-state index < -0.39 is 6.10 Å². The van der Waals surface area contributed by atoms with Gasteiger partial charge in [-0.2, -0.15) is 5.10 Å². The van der Waals surface area contributed by atoms with Gasteiger partial charge in [0.2, 0.25) is 0 Å². The largest absolute Gasteiger partial charge is 0.387 e. The smallest absolute Gasteiger partial charge is 0.269 e. The van der Waals surface area contributed by atoms with Gasteiger partial charge in [0, 0.05) is 19.3 Å². The Hall–Kier alpha value is -2.14. The number of aryl methyl sites for hydroxylation is 1. The molecule has 1 amide bonds. The minimum Gasteiger partial charge on any atom is -0.387 e. The highest BCUT2D eigenvalue weighted by molar-refractivity contribution is 5.92. The number of benzene rings is 1. The molecule has 0 aliphatic heterocycles. The molecule has 5 nitrogen and oxygen atoms in total. The number of rotatable bonds is 6. The van der Waals surface area contributed by atoms with Crippen molar-refractivity contribution in [3.63, 3.8) is 0 Å². The zero-order chi connectivity index (χ0) is 16.1. The summed E-state index contributed by atoms with van der Waals surface area (Å²) in [6, 6.07) is 9.50. The highest BCUT2D eigenvalue weighted by Gasteiger charge is 2.14. The number of hydrogen-bond acceptors (Lipinski definition) is 3. The first-order valence-corrected chi connectivity index (χ1v) is 7.60. The quantitative estimate of drug-likeness (QED) is 0.861. The van der Waals surface area contributed by atoms with Crippen LogP contribution in [0.3, 0.4) is 0 Å². The summed E-state index contributed by atoms with van der Waals surface area (Å²) >= 11 is 0. The Bertz CT molecular complexity index is 617. The molecule has 118 valence electrons. The van der Waals surface area contributed by atoms with E-state index in [-0.39, 0.29) is 12.5 Å². The van der Waals surface area contributed by atoms with Crippen molar-refractivity contribution in [3.8, 4) is 0 Å². The summed E-state index contributed by atoms with van der Waals surface area (Å²) in [5.41, 5.74) is 2.53. The molecule has 1 unspecified atom stereocenters. The van der Waals surface area contributed by atoms with E-state index in [1.165, 1.54) is 5.56 Å². The number of aromatic nitrogens is 2. The molecule has 2 N–H and O–H groups in total. The van der Waals surface area contributed by atoms with Gasteiger partial charge in [0.15, 0.2) is 0 Å². The van der Waals surface area contributed by atoms with Crippen LogP contribution in [-0.2, 0) is 6.54 Å². The fourth-order valence-electron chi connectivity index (χ4n) is 2.28. The molecule has 0 saturated heterocycles. The van der Waals surface area contributed by atoms with Crippen LogP contribution in [0.4, 0.5) is 0 Å². The van der Waals surface area contributed by atoms with Crippen molar-refractivity contribution >= 4 is 5.91 Å². The maximum atomic E-state index is 12.1. The third kappa shape index (κ3) is 3.74. The second-order valence-electron chi connectivity index (χ2n) is 5.58. The molecule has 0 saturated carbocycles. The average molecular weight is 301 g/mol. The molecule has 0 aliphatic rings. The van der Waals surface area contributed by atoms with E-state index in [0.717, 1.165) is 5.56 Å². The van der Waals surface area contributed by atoms with Crippen LogP contribution >= 0.6 is 0 Å². The van der Waals surface area contributed by atoms with Crippen molar-refractivity contribution < 1.29 is 9.90 Å². The van der Waals surface area contributed by atoms with Crippen molar-refractivity contribution in [1.29, 1.82) is 0 Å². The van der Waals surface area contributed by atoms with Crippen molar-refractivity contribution in [2.75, 3.05) is 6.54 Å². The van der Waals surface area contributed by atoms with Crippen LogP contribution in [0.25, 0.3) is 0 Å². The first kappa shape index (κ1) is 16.2. The maximum Gasteiger partial charge on any atom is 0.269 e. The van der Waals surface area contributed by atoms with Crippen molar-refractivity contribution in [2.45, 2.75) is 39.3 Å². The third-order valence-corrected chi connectivity index (χ3v) is 3.69. The van der Waals surface area contributed by atoms with Gasteiger partial charge in [-0.3, -0.25) is 9.48 Å². The number of nitrogens with one attached hydrogen (secondary N) is 1. The summed E-state index contributed by atoms with van der Waals surface area (Å²) in [4.78, 5) is 12.1. The third-order valence-electron chi connectivity index (χ3n) is 3.69. The lowest BCUT2D eigenvalue weighted by atomic mass is 10.00. The SMILES string of the molecule is CCn1nccc1C(=O)NCC(O)c1ccc(C(C)C)cc1. The van der Waals surface area contributed by atoms with Gasteiger partial charge in [-0.25, -0.2) is 0 Å². The summed E-state index contributed by atoms with van der Waals surface area (Å²) in [6.45, 7) is 6.99. The van der Waals surface area contributed by atoms with Crippen LogP contribution in [0.5, 0.6) is 0 Å². The second kappa shape index (κ2) is 7.22. The lowest BCUT2D eigenvalue weighted by Gasteiger charge is -2.14. The maximum absolute atomic E-state index is 12.1. The molecular formula is C17H23N3O2. The average Bonchev–Trinajstić information content (AvgIpc) is 3.01. The zero-order valence-corrected chi connectivity index (χ0v) is 13.3. The molecule has 0 spiro atoms. The molecule has 0 radical (unpaired) electrons. The van der Waals surface area contributed by atoms with Gasteiger partial charge in [-0.15, -0.1) is 0 Å². The monoisotopic (exact) mass is 301 g/mol. The van der Waals surface area contributed by atoms with Gasteiger partial charge in [0.05, 0.1) is 6.10 Å². The van der Waals surface area contributed by atoms with E-state index in [9.17, 15) is 9.90 Å². The molecular weight excluding hydrogens is 278 g/mol. The molecule has 0 aliphatic carbocycles. The topological polar surface area (TPSA) is 67.2 Å². The molecule has 0 fully saturated rings. The Morgan fingerprint density at radius 3 is 2.45 bits per heavy atom. The summed E-state index contributed by atoms with van der Waals surface area (Å²) in [7, 11) is 0. The predicted molar refractivity (Wildman–Crippen MR) is 85.7 cm³/mol. The predicted octanol–water partition coefficient (Wildman–Crippen LogP) is 2.49. The number of hydrogen-bond donors (Lipinski definition) is 2. The van der Waals surface area contributed by atoms with Crippen LogP contribution in [0.1, 0.15) is 54.4 Å². The lowest BCUT2D eigenvalue weighted by molar-refractivity contribution is 0.0905. The fourth-order valence-corrected chi connectivity index (χ4v) is 2.28. The van der Waals surface area contributed by atoms with Gasteiger partial charge in [-0.1, -0.05) is 38.1 Å². The van der Waals surface area contributed by atoms with Crippen molar-refractivity contribution in [2.24, 2.45) is 0 Å². The van der Waals surface area contributed by atoms with Gasteiger partial charge >= 0.3 is 0 Å². The van der Waals surface area contributed by atoms with Gasteiger partial charge in [0.25, 0.3) is 5.91 Å². The van der Waals surface area contributed by atoms with Gasteiger partial charge < -0.3 is 10.4 Å². The van der Waals surface area contributed by atoms with Gasteiger partial charge in [0.1, 0.15) is 5.69 Å². The summed E-state index contributed by atoms with van der Waals surface area (Å²) < 4.78 is 1.62. The van der Waals surface area contributed by atoms with Crippen LogP contribution in [0.15, 0.2) is 36.5 Å². The van der Waals surface area contributed by atoms with Crippen LogP contribution in [0.2, 0.25) is 0 Å². The number of amides is 1. The molecule has 5 heteroatoms. The van der Waals surface area contributed by atoms with E-state index in [4.69, 9.17) is 0 Å². The minimum atomic E-state index is -0.719. The van der Waals surface area contributed by atoms with Crippen LogP contribution < -0.4 is 5.32 Å². The van der Waals surface area contributed by atoms with Gasteiger partial charge in [-0.05, 0) is 30.0 Å². The molecule has 2 rings (SSSR count). The highest BCUT2D eigenvalue weighted by Crippen LogP contribution is 2.18. The van der Waals surface area contributed by atoms with Crippen LogP contribution in [0, 0.1) is 0 Å². The number of nitrogens with zero attached hydrogens (tertiary/aromatic N) is 2. The second-order valence-corrected chi connectivity index (χ2v) is 5.58. The normalized spacial score (nSPS) is 12.4. The Kier molecular flexibility index (Phi) is 5.33. The van der Waals surface area contributed by atoms with Crippen molar-refractivity contribution in [3.05, 3.63) is 53.3 Å². The minimum absolute atomic E-state index is 0.175. The van der Waals surface area contributed by atoms with Crippen molar-refractivity contribution in [1.82, 2.24) is 15.1 Å². The van der Waals surface area contributed by atoms with E-state index in [1.807, 2.05) is 31.2 Å². The van der Waals surface area contributed by atoms with E-state index >= 15 is 0 Å². The Labute approximate surface area is 131 Å². The molecule has 1 aromatic heterocycles. The number of aliphatic hydroxyl groups excluding tert-OH is 1. The van der Waals surface area contributed by atoms with E-state index in [2.05, 4.69) is 24.3 Å². The number of carbonyl (C=O) groups excluding carboxylic acids is 1.